The second kappa shape index (κ2) is 13.4. The normalized spacial score (nSPS) is 11.7. The van der Waals surface area contributed by atoms with Crippen molar-refractivity contribution in [3.63, 3.8) is 0 Å². The van der Waals surface area contributed by atoms with Crippen molar-refractivity contribution in [3.05, 3.63) is 0 Å². The van der Waals surface area contributed by atoms with E-state index < -0.39 is 12.0 Å². The summed E-state index contributed by atoms with van der Waals surface area (Å²) < 4.78 is 0. The Morgan fingerprint density at radius 3 is 2.46 bits per heavy atom. The summed E-state index contributed by atoms with van der Waals surface area (Å²) in [6.07, 6.45) is 0.588. The third-order valence-electron chi connectivity index (χ3n) is 1.14. The second-order valence-electron chi connectivity index (χ2n) is 2.04. The van der Waals surface area contributed by atoms with Crippen molar-refractivity contribution < 1.29 is 23.8 Å². The van der Waals surface area contributed by atoms with E-state index in [2.05, 4.69) is 33.8 Å². The Labute approximate surface area is 104 Å². The molecule has 0 aromatic heterocycles. The van der Waals surface area contributed by atoms with Gasteiger partial charge >= 0.3 is 46.8 Å². The molecule has 3 N–H and O–H groups in total. The van der Waals surface area contributed by atoms with Gasteiger partial charge in [0.15, 0.2) is 0 Å². The van der Waals surface area contributed by atoms with E-state index >= 15 is 0 Å². The van der Waals surface area contributed by atoms with Gasteiger partial charge in [-0.1, -0.05) is 0 Å². The maximum absolute atomic E-state index is 10.2. The Morgan fingerprint density at radius 2 is 2.15 bits per heavy atom. The summed E-state index contributed by atoms with van der Waals surface area (Å²) in [6, 6.07) is -0.668. The van der Waals surface area contributed by atoms with Crippen molar-refractivity contribution in [1.29, 1.82) is 0 Å². The fraction of sp³-hybridized carbons (Fsp3) is 0.833. The number of hydrogen-bond acceptors (Lipinski definition) is 2. The molecule has 84 valence electrons. The van der Waals surface area contributed by atoms with E-state index in [1.165, 1.54) is 11.8 Å². The molecule has 0 spiro atoms. The van der Waals surface area contributed by atoms with Crippen molar-refractivity contribution in [2.45, 2.75) is 19.4 Å². The number of thiol groups is 1. The molecule has 0 rings (SSSR count). The standard InChI is InChI=1S/C6H13NO2S.2BrH.Pd/c1-2-10-4-3-5(7)6(8)9;;;/h5H,2-4,7H2,1H3,(H,8,9);2*1H;/q;;;+2/p-1. The van der Waals surface area contributed by atoms with E-state index in [9.17, 15) is 4.79 Å². The van der Waals surface area contributed by atoms with Crippen LogP contribution in [0.2, 0.25) is 0 Å². The second-order valence-corrected chi connectivity index (χ2v) is 10.7. The molecule has 7 heteroatoms. The van der Waals surface area contributed by atoms with Gasteiger partial charge in [-0.15, -0.1) is 0 Å². The van der Waals surface area contributed by atoms with Crippen LogP contribution in [0.4, 0.5) is 0 Å². The molecule has 3 nitrogen and oxygen atoms in total. The number of hydrogen-bond donors (Lipinski definition) is 2. The summed E-state index contributed by atoms with van der Waals surface area (Å²) in [6.45, 7) is 2.06. The summed E-state index contributed by atoms with van der Waals surface area (Å²) in [5, 5.41) is 8.35. The average Bonchev–Trinajstić information content (AvgIpc) is 2.06. The van der Waals surface area contributed by atoms with Crippen molar-refractivity contribution in [3.8, 4) is 0 Å². The van der Waals surface area contributed by atoms with E-state index in [0.29, 0.717) is 20.4 Å². The van der Waals surface area contributed by atoms with Gasteiger partial charge in [0.25, 0.3) is 0 Å². The third-order valence-corrected chi connectivity index (χ3v) is 2.16. The number of carboxylic acid groups (broad SMARTS) is 1. The fourth-order valence-corrected chi connectivity index (χ4v) is 1.29. The molecule has 0 saturated carbocycles. The van der Waals surface area contributed by atoms with Crippen LogP contribution in [0.5, 0.6) is 0 Å². The summed E-state index contributed by atoms with van der Waals surface area (Å²) in [4.78, 5) is 10.2. The Balaban J connectivity index is 0. The minimum absolute atomic E-state index is 0.575. The molecule has 0 saturated heterocycles. The monoisotopic (exact) mass is 428 g/mol. The number of rotatable bonds is 5. The Morgan fingerprint density at radius 1 is 1.69 bits per heavy atom. The SMILES string of the molecule is CC[SH+]CCC(N)C(=O)O.[Br][Pd][Br]. The zero-order chi connectivity index (χ0) is 10.7. The molecule has 13 heavy (non-hydrogen) atoms. The molecule has 0 radical (unpaired) electrons. The van der Waals surface area contributed by atoms with E-state index in [0.717, 1.165) is 11.5 Å². The number of nitrogens with two attached hydrogens (primary N) is 1. The average molecular weight is 430 g/mol. The summed E-state index contributed by atoms with van der Waals surface area (Å²) >= 11 is 8.08. The molecule has 0 heterocycles. The molecule has 1 atom stereocenters. The van der Waals surface area contributed by atoms with Crippen LogP contribution in [-0.4, -0.2) is 28.6 Å². The van der Waals surface area contributed by atoms with E-state index in [1.807, 2.05) is 0 Å². The van der Waals surface area contributed by atoms with Crippen molar-refractivity contribution in [2.24, 2.45) is 5.73 Å². The molecule has 0 aromatic rings. The van der Waals surface area contributed by atoms with E-state index in [4.69, 9.17) is 10.8 Å². The summed E-state index contributed by atoms with van der Waals surface area (Å²) in [5.74, 6) is 1.07. The van der Waals surface area contributed by atoms with Gasteiger partial charge in [-0.25, -0.2) is 0 Å². The van der Waals surface area contributed by atoms with Gasteiger partial charge in [-0.2, -0.15) is 0 Å². The van der Waals surface area contributed by atoms with E-state index in [1.54, 1.807) is 0 Å². The van der Waals surface area contributed by atoms with Crippen LogP contribution in [0, 0.1) is 0 Å². The van der Waals surface area contributed by atoms with Crippen molar-refractivity contribution in [2.75, 3.05) is 11.5 Å². The van der Waals surface area contributed by atoms with Crippen LogP contribution in [0.1, 0.15) is 13.3 Å². The number of aliphatic carboxylic acids is 1. The Hall–Kier alpha value is 1.40. The molecule has 0 aliphatic heterocycles. The quantitative estimate of drug-likeness (QED) is 0.299. The topological polar surface area (TPSA) is 63.3 Å². The zero-order valence-corrected chi connectivity index (χ0v) is 12.8. The molecular weight excluding hydrogens is 416 g/mol. The van der Waals surface area contributed by atoms with Gasteiger partial charge in [0, 0.05) is 6.42 Å². The fourth-order valence-electron chi connectivity index (χ4n) is 0.512. The van der Waals surface area contributed by atoms with Crippen molar-refractivity contribution in [1.82, 2.24) is 0 Å². The van der Waals surface area contributed by atoms with Crippen LogP contribution in [0.3, 0.4) is 0 Å². The van der Waals surface area contributed by atoms with Gasteiger partial charge in [0.1, 0.15) is 17.5 Å². The zero-order valence-electron chi connectivity index (χ0n) is 7.15. The number of carbonyl (C=O) groups is 1. The van der Waals surface area contributed by atoms with Crippen molar-refractivity contribution >= 4 is 44.6 Å². The van der Waals surface area contributed by atoms with Gasteiger partial charge in [-0.05, 0) is 18.7 Å². The first-order valence-electron chi connectivity index (χ1n) is 3.54. The molecular formula is C6H14Br2NO2PdS+. The van der Waals surface area contributed by atoms with Crippen LogP contribution < -0.4 is 5.73 Å². The third kappa shape index (κ3) is 16.1. The predicted molar refractivity (Wildman–Crippen MR) is 62.3 cm³/mol. The van der Waals surface area contributed by atoms with Gasteiger partial charge in [0.05, 0.1) is 0 Å². The maximum atomic E-state index is 10.2. The minimum atomic E-state index is -0.897. The van der Waals surface area contributed by atoms with Crippen LogP contribution in [0.15, 0.2) is 0 Å². The van der Waals surface area contributed by atoms with Gasteiger partial charge in [-0.3, -0.25) is 4.79 Å². The first kappa shape index (κ1) is 16.8. The van der Waals surface area contributed by atoms with Gasteiger partial charge in [0.2, 0.25) is 0 Å². The predicted octanol–water partition coefficient (Wildman–Crippen LogP) is 1.31. The van der Waals surface area contributed by atoms with Crippen LogP contribution >= 0.6 is 26.9 Å². The van der Waals surface area contributed by atoms with Gasteiger partial charge < -0.3 is 10.8 Å². The summed E-state index contributed by atoms with van der Waals surface area (Å²) in [5.41, 5.74) is 5.25. The molecule has 0 fully saturated rings. The first-order valence-corrected chi connectivity index (χ1v) is 11.9. The first-order chi connectivity index (χ1) is 6.09. The van der Waals surface area contributed by atoms with Crippen LogP contribution in [0.25, 0.3) is 0 Å². The number of halogens is 2. The Bertz CT molecular complexity index is 131. The molecule has 0 amide bonds. The molecule has 1 unspecified atom stereocenters. The molecule has 0 bridgehead atoms. The van der Waals surface area contributed by atoms with Crippen LogP contribution in [-0.2, 0) is 30.5 Å². The van der Waals surface area contributed by atoms with E-state index in [-0.39, 0.29) is 0 Å². The molecule has 0 aromatic carbocycles. The number of carboxylic acids is 1. The molecule has 0 aliphatic rings. The Kier molecular flexibility index (Phi) is 17.3. The summed E-state index contributed by atoms with van der Waals surface area (Å²) in [7, 11) is 0. The molecule has 0 aliphatic carbocycles.